The van der Waals surface area contributed by atoms with Crippen molar-refractivity contribution in [2.24, 2.45) is 0 Å². The van der Waals surface area contributed by atoms with Gasteiger partial charge < -0.3 is 0 Å². The van der Waals surface area contributed by atoms with Crippen molar-refractivity contribution in [3.8, 4) is 0 Å². The number of hydrogen-bond acceptors (Lipinski definition) is 3. The van der Waals surface area contributed by atoms with Crippen LogP contribution in [0.15, 0.2) is 24.3 Å². The van der Waals surface area contributed by atoms with Crippen molar-refractivity contribution >= 4 is 18.7 Å². The summed E-state index contributed by atoms with van der Waals surface area (Å²) in [5.74, 6) is -0.0909. The van der Waals surface area contributed by atoms with Crippen LogP contribution >= 0.6 is 12.8 Å². The molecule has 1 N–H and O–H groups in total. The Morgan fingerprint density at radius 3 is 3.00 bits per heavy atom. The fraction of sp³-hybridized carbons (Fsp3) is 0.125. The van der Waals surface area contributed by atoms with Gasteiger partial charge in [0.05, 0.1) is 6.54 Å². The second-order valence-electron chi connectivity index (χ2n) is 2.66. The summed E-state index contributed by atoms with van der Waals surface area (Å²) in [7, 11) is 0. The first-order valence-corrected chi connectivity index (χ1v) is 4.02. The zero-order chi connectivity index (χ0) is 8.55. The number of rotatable bonds is 0. The number of hydrogen-bond donors (Lipinski definition) is 2. The second-order valence-corrected chi connectivity index (χ2v) is 3.14. The van der Waals surface area contributed by atoms with Gasteiger partial charge in [-0.2, -0.15) is 4.41 Å². The molecule has 1 amide bonds. The maximum Gasteiger partial charge on any atom is 0.266 e. The Balaban J connectivity index is 2.47. The molecule has 3 nitrogen and oxygen atoms in total. The van der Waals surface area contributed by atoms with E-state index >= 15 is 0 Å². The summed E-state index contributed by atoms with van der Waals surface area (Å²) in [6.07, 6.45) is 0. The van der Waals surface area contributed by atoms with Crippen molar-refractivity contribution in [2.75, 3.05) is 0 Å². The largest absolute Gasteiger partial charge is 0.275 e. The zero-order valence-corrected chi connectivity index (χ0v) is 7.21. The van der Waals surface area contributed by atoms with Crippen LogP contribution in [0.5, 0.6) is 0 Å². The minimum atomic E-state index is -0.0909. The van der Waals surface area contributed by atoms with Crippen molar-refractivity contribution in [3.63, 3.8) is 0 Å². The van der Waals surface area contributed by atoms with Gasteiger partial charge >= 0.3 is 0 Å². The van der Waals surface area contributed by atoms with Crippen LogP contribution in [0, 0.1) is 0 Å². The minimum Gasteiger partial charge on any atom is -0.275 e. The van der Waals surface area contributed by atoms with Gasteiger partial charge in [0.2, 0.25) is 0 Å². The molecule has 0 unspecified atom stereocenters. The quantitative estimate of drug-likeness (QED) is 0.584. The number of carbonyl (C=O) groups is 1. The standard InChI is InChI=1S/C8H8N2OS/c11-8-7-4-2-1-3-6(7)5-10(12)9-8/h1-4,12H,5H2,(H,9,11). The van der Waals surface area contributed by atoms with Crippen LogP contribution in [-0.4, -0.2) is 10.3 Å². The van der Waals surface area contributed by atoms with E-state index in [4.69, 9.17) is 0 Å². The highest BCUT2D eigenvalue weighted by molar-refractivity contribution is 7.77. The smallest absolute Gasteiger partial charge is 0.266 e. The van der Waals surface area contributed by atoms with Crippen molar-refractivity contribution in [1.29, 1.82) is 0 Å². The van der Waals surface area contributed by atoms with Crippen molar-refractivity contribution in [1.82, 2.24) is 9.84 Å². The lowest BCUT2D eigenvalue weighted by Gasteiger charge is -2.23. The van der Waals surface area contributed by atoms with Gasteiger partial charge in [0.25, 0.3) is 5.91 Å². The first kappa shape index (κ1) is 7.64. The van der Waals surface area contributed by atoms with Crippen molar-refractivity contribution in [2.45, 2.75) is 6.54 Å². The molecule has 4 heteroatoms. The van der Waals surface area contributed by atoms with E-state index < -0.39 is 0 Å². The third kappa shape index (κ3) is 1.19. The molecule has 1 aromatic rings. The van der Waals surface area contributed by atoms with Gasteiger partial charge in [-0.25, -0.2) is 0 Å². The van der Waals surface area contributed by atoms with Crippen LogP contribution < -0.4 is 5.43 Å². The zero-order valence-electron chi connectivity index (χ0n) is 6.32. The normalized spacial score (nSPS) is 16.9. The molecule has 62 valence electrons. The van der Waals surface area contributed by atoms with Gasteiger partial charge in [-0.05, 0) is 11.6 Å². The van der Waals surface area contributed by atoms with Crippen LogP contribution in [0.2, 0.25) is 0 Å². The lowest BCUT2D eigenvalue weighted by atomic mass is 10.1. The molecule has 1 aliphatic rings. The maximum absolute atomic E-state index is 11.3. The third-order valence-corrected chi connectivity index (χ3v) is 2.05. The van der Waals surface area contributed by atoms with Gasteiger partial charge in [0.1, 0.15) is 0 Å². The Kier molecular flexibility index (Phi) is 1.78. The van der Waals surface area contributed by atoms with Gasteiger partial charge in [0, 0.05) is 5.56 Å². The first-order valence-electron chi connectivity index (χ1n) is 3.62. The molecule has 0 aromatic heterocycles. The summed E-state index contributed by atoms with van der Waals surface area (Å²) in [5.41, 5.74) is 4.34. The van der Waals surface area contributed by atoms with Crippen molar-refractivity contribution in [3.05, 3.63) is 35.4 Å². The summed E-state index contributed by atoms with van der Waals surface area (Å²) >= 11 is 4.05. The van der Waals surface area contributed by atoms with Crippen LogP contribution in [0.4, 0.5) is 0 Å². The number of benzene rings is 1. The highest BCUT2D eigenvalue weighted by Gasteiger charge is 2.19. The van der Waals surface area contributed by atoms with E-state index in [1.54, 1.807) is 0 Å². The molecular formula is C8H8N2OS. The number of thiol groups is 1. The van der Waals surface area contributed by atoms with E-state index in [1.165, 1.54) is 4.41 Å². The molecule has 2 rings (SSSR count). The third-order valence-electron chi connectivity index (χ3n) is 1.81. The Bertz CT molecular complexity index is 327. The number of nitrogens with one attached hydrogen (secondary N) is 1. The van der Waals surface area contributed by atoms with E-state index in [2.05, 4.69) is 18.2 Å². The fourth-order valence-electron chi connectivity index (χ4n) is 1.26. The highest BCUT2D eigenvalue weighted by atomic mass is 32.1. The van der Waals surface area contributed by atoms with E-state index in [0.29, 0.717) is 6.54 Å². The molecular weight excluding hydrogens is 172 g/mol. The van der Waals surface area contributed by atoms with E-state index in [-0.39, 0.29) is 5.91 Å². The molecule has 1 aromatic carbocycles. The predicted molar refractivity (Wildman–Crippen MR) is 48.4 cm³/mol. The summed E-state index contributed by atoms with van der Waals surface area (Å²) in [5, 5.41) is 0. The van der Waals surface area contributed by atoms with Gasteiger partial charge in [0.15, 0.2) is 0 Å². The highest BCUT2D eigenvalue weighted by Crippen LogP contribution is 2.15. The average Bonchev–Trinajstić information content (AvgIpc) is 2.04. The van der Waals surface area contributed by atoms with Crippen LogP contribution in [0.25, 0.3) is 0 Å². The maximum atomic E-state index is 11.3. The Morgan fingerprint density at radius 2 is 2.17 bits per heavy atom. The fourth-order valence-corrected chi connectivity index (χ4v) is 1.50. The van der Waals surface area contributed by atoms with Gasteiger partial charge in [-0.15, -0.1) is 0 Å². The molecule has 0 fully saturated rings. The molecule has 0 radical (unpaired) electrons. The van der Waals surface area contributed by atoms with E-state index in [9.17, 15) is 4.79 Å². The Hall–Kier alpha value is -1.00. The van der Waals surface area contributed by atoms with Gasteiger partial charge in [-0.1, -0.05) is 31.0 Å². The van der Waals surface area contributed by atoms with Crippen LogP contribution in [0.3, 0.4) is 0 Å². The number of hydrazine groups is 1. The summed E-state index contributed by atoms with van der Waals surface area (Å²) in [6.45, 7) is 0.644. The van der Waals surface area contributed by atoms with E-state index in [1.807, 2.05) is 24.3 Å². The molecule has 12 heavy (non-hydrogen) atoms. The molecule has 0 bridgehead atoms. The van der Waals surface area contributed by atoms with Crippen molar-refractivity contribution < 1.29 is 4.79 Å². The first-order chi connectivity index (χ1) is 5.77. The molecule has 1 aliphatic heterocycles. The summed E-state index contributed by atoms with van der Waals surface area (Å²) in [6, 6.07) is 7.51. The summed E-state index contributed by atoms with van der Waals surface area (Å²) < 4.78 is 1.48. The summed E-state index contributed by atoms with van der Waals surface area (Å²) in [4.78, 5) is 11.3. The van der Waals surface area contributed by atoms with E-state index in [0.717, 1.165) is 11.1 Å². The van der Waals surface area contributed by atoms with Crippen LogP contribution in [0.1, 0.15) is 15.9 Å². The minimum absolute atomic E-state index is 0.0909. The van der Waals surface area contributed by atoms with Crippen LogP contribution in [-0.2, 0) is 6.54 Å². The molecule has 0 spiro atoms. The number of nitrogens with zero attached hydrogens (tertiary/aromatic N) is 1. The number of fused-ring (bicyclic) bond motifs is 1. The predicted octanol–water partition coefficient (Wildman–Crippen LogP) is 0.992. The average molecular weight is 180 g/mol. The van der Waals surface area contributed by atoms with Gasteiger partial charge in [-0.3, -0.25) is 10.2 Å². The molecule has 0 aliphatic carbocycles. The Labute approximate surface area is 75.9 Å². The lowest BCUT2D eigenvalue weighted by molar-refractivity contribution is 0.0864. The number of carbonyl (C=O) groups excluding carboxylic acids is 1. The number of amides is 1. The molecule has 0 atom stereocenters. The molecule has 0 saturated carbocycles. The molecule has 1 heterocycles. The second kappa shape index (κ2) is 2.80. The lowest BCUT2D eigenvalue weighted by Crippen LogP contribution is -2.40. The molecule has 0 saturated heterocycles. The Morgan fingerprint density at radius 1 is 1.42 bits per heavy atom. The topological polar surface area (TPSA) is 32.3 Å². The monoisotopic (exact) mass is 180 g/mol. The SMILES string of the molecule is O=C1NN(S)Cc2ccccc21.